The SMILES string of the molecule is CC(C)CCOCc1ccccc1C#CCO. The van der Waals surface area contributed by atoms with E-state index in [1.54, 1.807) is 0 Å². The average molecular weight is 232 g/mol. The third-order valence-corrected chi connectivity index (χ3v) is 2.42. The van der Waals surface area contributed by atoms with E-state index in [0.717, 1.165) is 24.2 Å². The fraction of sp³-hybridized carbons (Fsp3) is 0.467. The summed E-state index contributed by atoms with van der Waals surface area (Å²) >= 11 is 0. The molecule has 0 aliphatic heterocycles. The van der Waals surface area contributed by atoms with Gasteiger partial charge in [0.1, 0.15) is 6.61 Å². The van der Waals surface area contributed by atoms with Crippen molar-refractivity contribution in [3.05, 3.63) is 35.4 Å². The summed E-state index contributed by atoms with van der Waals surface area (Å²) < 4.78 is 5.62. The Bertz CT molecular complexity index is 385. The van der Waals surface area contributed by atoms with Crippen LogP contribution in [0.1, 0.15) is 31.4 Å². The van der Waals surface area contributed by atoms with Gasteiger partial charge in [0, 0.05) is 12.2 Å². The molecule has 0 heterocycles. The van der Waals surface area contributed by atoms with Crippen molar-refractivity contribution >= 4 is 0 Å². The lowest BCUT2D eigenvalue weighted by Gasteiger charge is -2.07. The van der Waals surface area contributed by atoms with E-state index in [1.807, 2.05) is 24.3 Å². The van der Waals surface area contributed by atoms with Crippen LogP contribution in [0.3, 0.4) is 0 Å². The first-order valence-corrected chi connectivity index (χ1v) is 5.99. The number of aliphatic hydroxyl groups is 1. The zero-order valence-electron chi connectivity index (χ0n) is 10.6. The molecule has 1 rings (SSSR count). The van der Waals surface area contributed by atoms with E-state index < -0.39 is 0 Å². The van der Waals surface area contributed by atoms with Gasteiger partial charge in [-0.15, -0.1) is 0 Å². The maximum atomic E-state index is 8.69. The van der Waals surface area contributed by atoms with Crippen LogP contribution in [0, 0.1) is 17.8 Å². The minimum Gasteiger partial charge on any atom is -0.384 e. The molecule has 0 radical (unpaired) electrons. The molecule has 2 heteroatoms. The van der Waals surface area contributed by atoms with Crippen molar-refractivity contribution in [2.24, 2.45) is 5.92 Å². The van der Waals surface area contributed by atoms with Gasteiger partial charge in [-0.05, 0) is 24.0 Å². The van der Waals surface area contributed by atoms with Gasteiger partial charge in [-0.1, -0.05) is 43.9 Å². The zero-order valence-corrected chi connectivity index (χ0v) is 10.6. The van der Waals surface area contributed by atoms with Gasteiger partial charge in [0.05, 0.1) is 6.61 Å². The van der Waals surface area contributed by atoms with E-state index >= 15 is 0 Å². The largest absolute Gasteiger partial charge is 0.384 e. The van der Waals surface area contributed by atoms with E-state index in [1.165, 1.54) is 0 Å². The second-order valence-corrected chi connectivity index (χ2v) is 4.35. The molecule has 0 fully saturated rings. The average Bonchev–Trinajstić information content (AvgIpc) is 2.33. The fourth-order valence-electron chi connectivity index (χ4n) is 1.40. The van der Waals surface area contributed by atoms with Gasteiger partial charge in [-0.3, -0.25) is 0 Å². The third-order valence-electron chi connectivity index (χ3n) is 2.42. The topological polar surface area (TPSA) is 29.5 Å². The lowest BCUT2D eigenvalue weighted by molar-refractivity contribution is 0.110. The second kappa shape index (κ2) is 7.89. The summed E-state index contributed by atoms with van der Waals surface area (Å²) in [5, 5.41) is 8.69. The van der Waals surface area contributed by atoms with Crippen molar-refractivity contribution in [2.75, 3.05) is 13.2 Å². The van der Waals surface area contributed by atoms with Crippen molar-refractivity contribution in [2.45, 2.75) is 26.9 Å². The molecular weight excluding hydrogens is 212 g/mol. The van der Waals surface area contributed by atoms with Crippen LogP contribution in [0.15, 0.2) is 24.3 Å². The van der Waals surface area contributed by atoms with Gasteiger partial charge in [0.15, 0.2) is 0 Å². The Morgan fingerprint density at radius 1 is 1.29 bits per heavy atom. The second-order valence-electron chi connectivity index (χ2n) is 4.35. The molecule has 0 saturated carbocycles. The first kappa shape index (κ1) is 13.8. The van der Waals surface area contributed by atoms with Crippen LogP contribution in [0.2, 0.25) is 0 Å². The maximum Gasteiger partial charge on any atom is 0.104 e. The number of hydrogen-bond donors (Lipinski definition) is 1. The molecular formula is C15H20O2. The molecule has 2 nitrogen and oxygen atoms in total. The Kier molecular flexibility index (Phi) is 6.39. The molecule has 0 aliphatic carbocycles. The molecule has 0 saturated heterocycles. The summed E-state index contributed by atoms with van der Waals surface area (Å²) in [6, 6.07) is 7.88. The van der Waals surface area contributed by atoms with Crippen molar-refractivity contribution in [3.8, 4) is 11.8 Å². The number of ether oxygens (including phenoxy) is 1. The molecule has 0 aliphatic rings. The quantitative estimate of drug-likeness (QED) is 0.624. The Labute approximate surface area is 104 Å². The van der Waals surface area contributed by atoms with E-state index in [2.05, 4.69) is 25.7 Å². The predicted molar refractivity (Wildman–Crippen MR) is 69.5 cm³/mol. The highest BCUT2D eigenvalue weighted by atomic mass is 16.5. The Morgan fingerprint density at radius 3 is 2.76 bits per heavy atom. The lowest BCUT2D eigenvalue weighted by atomic mass is 10.1. The Balaban J connectivity index is 2.52. The summed E-state index contributed by atoms with van der Waals surface area (Å²) in [6.45, 7) is 5.62. The standard InChI is InChI=1S/C15H20O2/c1-13(2)9-11-17-12-15-7-4-3-6-14(15)8-5-10-16/h3-4,6-7,13,16H,9-12H2,1-2H3. The van der Waals surface area contributed by atoms with Gasteiger partial charge in [0.25, 0.3) is 0 Å². The molecule has 0 amide bonds. The molecule has 0 bridgehead atoms. The van der Waals surface area contributed by atoms with Crippen LogP contribution in [0.25, 0.3) is 0 Å². The number of hydrogen-bond acceptors (Lipinski definition) is 2. The summed E-state index contributed by atoms with van der Waals surface area (Å²) in [5.41, 5.74) is 2.02. The van der Waals surface area contributed by atoms with E-state index in [4.69, 9.17) is 9.84 Å². The first-order chi connectivity index (χ1) is 8.24. The fourth-order valence-corrected chi connectivity index (χ4v) is 1.40. The molecule has 0 spiro atoms. The summed E-state index contributed by atoms with van der Waals surface area (Å²) in [7, 11) is 0. The predicted octanol–water partition coefficient (Wildman–Crippen LogP) is 2.59. The summed E-state index contributed by atoms with van der Waals surface area (Å²) in [6.07, 6.45) is 1.07. The third kappa shape index (κ3) is 5.53. The van der Waals surface area contributed by atoms with E-state index in [0.29, 0.717) is 12.5 Å². The highest BCUT2D eigenvalue weighted by Gasteiger charge is 2.00. The highest BCUT2D eigenvalue weighted by Crippen LogP contribution is 2.09. The van der Waals surface area contributed by atoms with Crippen LogP contribution >= 0.6 is 0 Å². The van der Waals surface area contributed by atoms with Crippen LogP contribution in [0.5, 0.6) is 0 Å². The number of aliphatic hydroxyl groups excluding tert-OH is 1. The monoisotopic (exact) mass is 232 g/mol. The zero-order chi connectivity index (χ0) is 12.5. The van der Waals surface area contributed by atoms with Gasteiger partial charge in [-0.25, -0.2) is 0 Å². The van der Waals surface area contributed by atoms with Crippen LogP contribution in [-0.4, -0.2) is 18.3 Å². The van der Waals surface area contributed by atoms with Gasteiger partial charge in [0.2, 0.25) is 0 Å². The highest BCUT2D eigenvalue weighted by molar-refractivity contribution is 5.40. The molecule has 17 heavy (non-hydrogen) atoms. The summed E-state index contributed by atoms with van der Waals surface area (Å²) in [4.78, 5) is 0. The molecule has 1 aromatic carbocycles. The molecule has 1 aromatic rings. The van der Waals surface area contributed by atoms with Crippen LogP contribution < -0.4 is 0 Å². The van der Waals surface area contributed by atoms with Crippen molar-refractivity contribution < 1.29 is 9.84 Å². The molecule has 0 atom stereocenters. The van der Waals surface area contributed by atoms with Crippen molar-refractivity contribution in [3.63, 3.8) is 0 Å². The smallest absolute Gasteiger partial charge is 0.104 e. The van der Waals surface area contributed by atoms with E-state index in [9.17, 15) is 0 Å². The molecule has 0 aromatic heterocycles. The van der Waals surface area contributed by atoms with Crippen molar-refractivity contribution in [1.82, 2.24) is 0 Å². The lowest BCUT2D eigenvalue weighted by Crippen LogP contribution is -2.00. The molecule has 92 valence electrons. The molecule has 0 unspecified atom stereocenters. The molecule has 1 N–H and O–H groups in total. The van der Waals surface area contributed by atoms with Crippen molar-refractivity contribution in [1.29, 1.82) is 0 Å². The first-order valence-electron chi connectivity index (χ1n) is 5.99. The minimum atomic E-state index is -0.109. The Hall–Kier alpha value is -1.30. The number of rotatable bonds is 5. The van der Waals surface area contributed by atoms with Gasteiger partial charge >= 0.3 is 0 Å². The van der Waals surface area contributed by atoms with Crippen LogP contribution in [-0.2, 0) is 11.3 Å². The Morgan fingerprint density at radius 2 is 2.06 bits per heavy atom. The maximum absolute atomic E-state index is 8.69. The summed E-state index contributed by atoms with van der Waals surface area (Å²) in [5.74, 6) is 6.26. The van der Waals surface area contributed by atoms with Gasteiger partial charge < -0.3 is 9.84 Å². The van der Waals surface area contributed by atoms with E-state index in [-0.39, 0.29) is 6.61 Å². The van der Waals surface area contributed by atoms with Crippen LogP contribution in [0.4, 0.5) is 0 Å². The van der Waals surface area contributed by atoms with Gasteiger partial charge in [-0.2, -0.15) is 0 Å². The number of benzene rings is 1. The minimum absolute atomic E-state index is 0.109. The normalized spacial score (nSPS) is 10.1.